The van der Waals surface area contributed by atoms with Gasteiger partial charge in [0.1, 0.15) is 5.75 Å². The van der Waals surface area contributed by atoms with Crippen LogP contribution >= 0.6 is 0 Å². The molecule has 4 nitrogen and oxygen atoms in total. The average Bonchev–Trinajstić information content (AvgIpc) is 3.02. The van der Waals surface area contributed by atoms with Crippen LogP contribution in [-0.2, 0) is 46.7 Å². The lowest BCUT2D eigenvalue weighted by atomic mass is 9.91. The molecule has 1 aliphatic heterocycles. The highest BCUT2D eigenvalue weighted by Gasteiger charge is 2.33. The van der Waals surface area contributed by atoms with E-state index in [2.05, 4.69) is 11.4 Å². The molecule has 1 heterocycles. The zero-order chi connectivity index (χ0) is 16.0. The Kier molecular flexibility index (Phi) is 3.81. The summed E-state index contributed by atoms with van der Waals surface area (Å²) in [6, 6.07) is 2.34. The van der Waals surface area contributed by atoms with Crippen LogP contribution in [0.15, 0.2) is 6.07 Å². The molecule has 0 aromatic heterocycles. The number of hydrogen-bond donors (Lipinski definition) is 1. The Morgan fingerprint density at radius 2 is 1.65 bits per heavy atom. The molecule has 1 fully saturated rings. The van der Waals surface area contributed by atoms with Crippen LogP contribution in [0.2, 0.25) is 0 Å². The second-order valence-electron chi connectivity index (χ2n) is 7.14. The van der Waals surface area contributed by atoms with Crippen LogP contribution < -0.4 is 5.32 Å². The molecule has 4 rings (SSSR count). The predicted octanol–water partition coefficient (Wildman–Crippen LogP) is 1.16. The highest BCUT2D eigenvalue weighted by atomic mass is 32.2. The van der Waals surface area contributed by atoms with Gasteiger partial charge in [-0.25, -0.2) is 8.42 Å². The van der Waals surface area contributed by atoms with Crippen LogP contribution in [0.5, 0.6) is 0 Å². The van der Waals surface area contributed by atoms with E-state index >= 15 is 0 Å². The van der Waals surface area contributed by atoms with Gasteiger partial charge in [0, 0.05) is 19.5 Å². The largest absolute Gasteiger partial charge is 0.314 e. The fraction of sp³-hybridized carbons (Fsp3) is 0.611. The smallest absolute Gasteiger partial charge is 0.162 e. The molecule has 3 aliphatic rings. The molecular formula is C18H23NO3S. The summed E-state index contributed by atoms with van der Waals surface area (Å²) in [6.45, 7) is 0.984. The lowest BCUT2D eigenvalue weighted by Crippen LogP contribution is -2.52. The van der Waals surface area contributed by atoms with Crippen molar-refractivity contribution < 1.29 is 13.2 Å². The molecule has 0 saturated carbocycles. The normalized spacial score (nSPS) is 20.2. The molecule has 0 amide bonds. The molecule has 0 radical (unpaired) electrons. The average molecular weight is 333 g/mol. The van der Waals surface area contributed by atoms with E-state index in [-0.39, 0.29) is 16.8 Å². The molecule has 23 heavy (non-hydrogen) atoms. The number of sulfone groups is 1. The quantitative estimate of drug-likeness (QED) is 0.878. The molecule has 0 spiro atoms. The zero-order valence-corrected chi connectivity index (χ0v) is 14.2. The monoisotopic (exact) mass is 333 g/mol. The first-order valence-corrected chi connectivity index (χ1v) is 10.4. The van der Waals surface area contributed by atoms with E-state index in [4.69, 9.17) is 0 Å². The van der Waals surface area contributed by atoms with Gasteiger partial charge >= 0.3 is 0 Å². The summed E-state index contributed by atoms with van der Waals surface area (Å²) in [5, 5.41) is 2.61. The number of carbonyl (C=O) groups is 1. The number of nitrogens with one attached hydrogen (secondary N) is 1. The predicted molar refractivity (Wildman–Crippen MR) is 89.6 cm³/mol. The van der Waals surface area contributed by atoms with Gasteiger partial charge in [-0.2, -0.15) is 0 Å². The van der Waals surface area contributed by atoms with Crippen LogP contribution in [0, 0.1) is 0 Å². The Hall–Kier alpha value is -1.20. The van der Waals surface area contributed by atoms with Gasteiger partial charge in [0.2, 0.25) is 0 Å². The van der Waals surface area contributed by atoms with Crippen LogP contribution in [-0.4, -0.2) is 38.3 Å². The van der Waals surface area contributed by atoms with Gasteiger partial charge in [-0.3, -0.25) is 4.79 Å². The highest BCUT2D eigenvalue weighted by molar-refractivity contribution is 7.92. The molecule has 1 aromatic carbocycles. The maximum atomic E-state index is 12.5. The van der Waals surface area contributed by atoms with Gasteiger partial charge in [-0.1, -0.05) is 6.07 Å². The summed E-state index contributed by atoms with van der Waals surface area (Å²) in [5.41, 5.74) is 6.68. The molecule has 1 aromatic rings. The zero-order valence-electron chi connectivity index (χ0n) is 13.4. The fourth-order valence-corrected chi connectivity index (χ4v) is 5.78. The number of aryl methyl sites for hydroxylation is 2. The van der Waals surface area contributed by atoms with Crippen molar-refractivity contribution in [2.75, 3.05) is 18.8 Å². The molecule has 0 bridgehead atoms. The van der Waals surface area contributed by atoms with Crippen molar-refractivity contribution >= 4 is 15.6 Å². The molecular weight excluding hydrogens is 310 g/mol. The Bertz CT molecular complexity index is 731. The fourth-order valence-electron chi connectivity index (χ4n) is 4.25. The second kappa shape index (κ2) is 5.71. The van der Waals surface area contributed by atoms with E-state index in [1.165, 1.54) is 27.8 Å². The van der Waals surface area contributed by atoms with Gasteiger partial charge in [-0.15, -0.1) is 0 Å². The lowest BCUT2D eigenvalue weighted by Gasteiger charge is -2.26. The summed E-state index contributed by atoms with van der Waals surface area (Å²) in [6.07, 6.45) is 6.93. The maximum Gasteiger partial charge on any atom is 0.162 e. The van der Waals surface area contributed by atoms with E-state index in [0.717, 1.165) is 38.5 Å². The molecule has 1 N–H and O–H groups in total. The Labute approximate surface area is 137 Å². The summed E-state index contributed by atoms with van der Waals surface area (Å²) >= 11 is 0. The third kappa shape index (κ3) is 2.74. The van der Waals surface area contributed by atoms with Crippen molar-refractivity contribution in [2.45, 2.75) is 50.2 Å². The van der Waals surface area contributed by atoms with Crippen molar-refractivity contribution in [3.8, 4) is 0 Å². The van der Waals surface area contributed by atoms with Crippen LogP contribution in [0.25, 0.3) is 0 Å². The van der Waals surface area contributed by atoms with Gasteiger partial charge in [0.15, 0.2) is 15.6 Å². The van der Waals surface area contributed by atoms with E-state index < -0.39 is 9.84 Å². The third-order valence-corrected chi connectivity index (χ3v) is 7.66. The van der Waals surface area contributed by atoms with Gasteiger partial charge < -0.3 is 5.32 Å². The van der Waals surface area contributed by atoms with Crippen LogP contribution in [0.3, 0.4) is 0 Å². The first-order valence-electron chi connectivity index (χ1n) is 8.64. The van der Waals surface area contributed by atoms with E-state index in [9.17, 15) is 13.2 Å². The number of benzene rings is 1. The number of carbonyl (C=O) groups excluding carboxylic acids is 1. The number of fused-ring (bicyclic) bond motifs is 2. The number of Topliss-reactive ketones (excluding diaryl/α,β-unsaturated/α-hetero) is 1. The minimum Gasteiger partial charge on any atom is -0.314 e. The second-order valence-corrected chi connectivity index (χ2v) is 9.42. The SMILES string of the molecule is O=C(Cc1c2c(cc3c1CCC3)CCC2)CS(=O)(=O)C1CNC1. The van der Waals surface area contributed by atoms with Gasteiger partial charge in [0.25, 0.3) is 0 Å². The van der Waals surface area contributed by atoms with E-state index in [1.54, 1.807) is 0 Å². The Morgan fingerprint density at radius 3 is 2.17 bits per heavy atom. The standard InChI is InChI=1S/C18H23NO3S/c20-14(11-23(21,22)15-9-19-10-15)8-18-16-5-1-3-12(16)7-13-4-2-6-17(13)18/h7,15,19H,1-6,8-11H2. The van der Waals surface area contributed by atoms with Gasteiger partial charge in [0.05, 0.1) is 5.25 Å². The van der Waals surface area contributed by atoms with Crippen LogP contribution in [0.1, 0.15) is 40.7 Å². The molecule has 1 saturated heterocycles. The molecule has 0 atom stereocenters. The summed E-state index contributed by atoms with van der Waals surface area (Å²) in [4.78, 5) is 12.5. The minimum absolute atomic E-state index is 0.133. The van der Waals surface area contributed by atoms with E-state index in [0.29, 0.717) is 19.5 Å². The summed E-state index contributed by atoms with van der Waals surface area (Å²) < 4.78 is 24.4. The van der Waals surface area contributed by atoms with Crippen molar-refractivity contribution in [3.05, 3.63) is 33.9 Å². The first kappa shape index (κ1) is 15.3. The summed E-state index contributed by atoms with van der Waals surface area (Å²) in [7, 11) is -3.28. The molecule has 124 valence electrons. The van der Waals surface area contributed by atoms with E-state index in [1.807, 2.05) is 0 Å². The molecule has 0 unspecified atom stereocenters. The molecule has 2 aliphatic carbocycles. The topological polar surface area (TPSA) is 63.2 Å². The number of ketones is 1. The lowest BCUT2D eigenvalue weighted by molar-refractivity contribution is -0.116. The summed E-state index contributed by atoms with van der Waals surface area (Å²) in [5.74, 6) is -0.427. The van der Waals surface area contributed by atoms with Crippen molar-refractivity contribution in [2.24, 2.45) is 0 Å². The molecule has 5 heteroatoms. The number of hydrogen-bond acceptors (Lipinski definition) is 4. The van der Waals surface area contributed by atoms with Crippen molar-refractivity contribution in [1.82, 2.24) is 5.32 Å². The third-order valence-electron chi connectivity index (χ3n) is 5.59. The Morgan fingerprint density at radius 1 is 1.04 bits per heavy atom. The minimum atomic E-state index is -3.28. The first-order chi connectivity index (χ1) is 11.0. The highest BCUT2D eigenvalue weighted by Crippen LogP contribution is 2.35. The number of rotatable bonds is 5. The van der Waals surface area contributed by atoms with Crippen molar-refractivity contribution in [1.29, 1.82) is 0 Å². The Balaban J connectivity index is 1.58. The van der Waals surface area contributed by atoms with Crippen LogP contribution in [0.4, 0.5) is 0 Å². The van der Waals surface area contributed by atoms with Gasteiger partial charge in [-0.05, 0) is 66.3 Å². The maximum absolute atomic E-state index is 12.5. The van der Waals surface area contributed by atoms with Crippen molar-refractivity contribution in [3.63, 3.8) is 0 Å².